The molecule has 25 heavy (non-hydrogen) atoms. The van der Waals surface area contributed by atoms with Gasteiger partial charge in [0.15, 0.2) is 0 Å². The molecule has 5 nitrogen and oxygen atoms in total. The van der Waals surface area contributed by atoms with Gasteiger partial charge >= 0.3 is 0 Å². The van der Waals surface area contributed by atoms with Gasteiger partial charge in [-0.2, -0.15) is 0 Å². The summed E-state index contributed by atoms with van der Waals surface area (Å²) in [6.07, 6.45) is 7.09. The highest BCUT2D eigenvalue weighted by atomic mass is 16.3. The molecule has 3 aromatic heterocycles. The molecule has 5 rings (SSSR count). The van der Waals surface area contributed by atoms with Gasteiger partial charge in [-0.25, -0.2) is 4.98 Å². The van der Waals surface area contributed by atoms with E-state index in [1.807, 2.05) is 47.2 Å². The minimum absolute atomic E-state index is 0.231. The maximum atomic E-state index is 10.7. The van der Waals surface area contributed by atoms with Crippen LogP contribution in [0.5, 0.6) is 5.88 Å². The SMILES string of the molecule is Nc1c2cccc(-c3ccccn3)c2nc2cn(C3CCC3)c(O)c12. The van der Waals surface area contributed by atoms with E-state index in [1.54, 1.807) is 6.20 Å². The van der Waals surface area contributed by atoms with Gasteiger partial charge in [0.05, 0.1) is 27.8 Å². The number of benzene rings is 1. The van der Waals surface area contributed by atoms with Gasteiger partial charge in [0, 0.05) is 29.4 Å². The van der Waals surface area contributed by atoms with Gasteiger partial charge in [-0.15, -0.1) is 0 Å². The minimum Gasteiger partial charge on any atom is -0.494 e. The Balaban J connectivity index is 1.83. The zero-order chi connectivity index (χ0) is 17.0. The van der Waals surface area contributed by atoms with Crippen LogP contribution in [0.1, 0.15) is 25.3 Å². The zero-order valence-corrected chi connectivity index (χ0v) is 13.7. The largest absolute Gasteiger partial charge is 0.494 e. The molecular weight excluding hydrogens is 312 g/mol. The number of para-hydroxylation sites is 1. The average molecular weight is 330 g/mol. The summed E-state index contributed by atoms with van der Waals surface area (Å²) >= 11 is 0. The summed E-state index contributed by atoms with van der Waals surface area (Å²) in [5.74, 6) is 0.231. The lowest BCUT2D eigenvalue weighted by atomic mass is 9.93. The summed E-state index contributed by atoms with van der Waals surface area (Å²) in [7, 11) is 0. The van der Waals surface area contributed by atoms with E-state index in [2.05, 4.69) is 4.98 Å². The third-order valence-electron chi connectivity index (χ3n) is 5.22. The first-order chi connectivity index (χ1) is 12.2. The Hall–Kier alpha value is -3.08. The molecule has 0 amide bonds. The van der Waals surface area contributed by atoms with Crippen molar-refractivity contribution < 1.29 is 5.11 Å². The molecule has 3 heterocycles. The second kappa shape index (κ2) is 5.21. The van der Waals surface area contributed by atoms with Crippen molar-refractivity contribution in [2.75, 3.05) is 5.73 Å². The number of aromatic nitrogens is 3. The standard InChI is InChI=1S/C20H18N4O/c21-18-14-8-4-7-13(15-9-1-2-10-22-15)19(14)23-16-11-24(12-5-3-6-12)20(25)17(16)18/h1-2,4,7-12,25H,3,5-6,21H2. The van der Waals surface area contributed by atoms with Gasteiger partial charge in [0.1, 0.15) is 0 Å². The minimum atomic E-state index is 0.231. The maximum Gasteiger partial charge on any atom is 0.203 e. The average Bonchev–Trinajstić information content (AvgIpc) is 2.91. The molecule has 0 bridgehead atoms. The number of rotatable bonds is 2. The van der Waals surface area contributed by atoms with Crippen molar-refractivity contribution in [2.24, 2.45) is 0 Å². The quantitative estimate of drug-likeness (QED) is 0.575. The van der Waals surface area contributed by atoms with Crippen molar-refractivity contribution in [3.63, 3.8) is 0 Å². The summed E-state index contributed by atoms with van der Waals surface area (Å²) in [5.41, 5.74) is 10.4. The molecule has 0 unspecified atom stereocenters. The van der Waals surface area contributed by atoms with Crippen molar-refractivity contribution in [1.29, 1.82) is 0 Å². The van der Waals surface area contributed by atoms with Crippen molar-refractivity contribution in [3.8, 4) is 17.1 Å². The summed E-state index contributed by atoms with van der Waals surface area (Å²) in [5, 5.41) is 12.2. The molecule has 3 N–H and O–H groups in total. The molecule has 1 fully saturated rings. The number of aromatic hydroxyl groups is 1. The van der Waals surface area contributed by atoms with Crippen molar-refractivity contribution in [2.45, 2.75) is 25.3 Å². The molecular formula is C20H18N4O. The Kier molecular flexibility index (Phi) is 2.98. The molecule has 1 aliphatic rings. The maximum absolute atomic E-state index is 10.7. The highest BCUT2D eigenvalue weighted by Gasteiger charge is 2.25. The molecule has 1 saturated carbocycles. The molecule has 1 aliphatic carbocycles. The summed E-state index contributed by atoms with van der Waals surface area (Å²) in [6, 6.07) is 12.1. The third-order valence-corrected chi connectivity index (χ3v) is 5.22. The Morgan fingerprint density at radius 3 is 2.72 bits per heavy atom. The van der Waals surface area contributed by atoms with Gasteiger partial charge < -0.3 is 15.4 Å². The molecule has 0 spiro atoms. The Labute approximate surface area is 144 Å². The predicted molar refractivity (Wildman–Crippen MR) is 99.4 cm³/mol. The molecule has 0 saturated heterocycles. The fourth-order valence-corrected chi connectivity index (χ4v) is 3.65. The molecule has 4 aromatic rings. The third kappa shape index (κ3) is 2.02. The highest BCUT2D eigenvalue weighted by molar-refractivity contribution is 6.11. The van der Waals surface area contributed by atoms with Crippen molar-refractivity contribution in [1.82, 2.24) is 14.5 Å². The Bertz CT molecular complexity index is 1100. The van der Waals surface area contributed by atoms with E-state index >= 15 is 0 Å². The van der Waals surface area contributed by atoms with E-state index in [1.165, 1.54) is 6.42 Å². The fourth-order valence-electron chi connectivity index (χ4n) is 3.65. The lowest BCUT2D eigenvalue weighted by Crippen LogP contribution is -2.15. The van der Waals surface area contributed by atoms with E-state index in [9.17, 15) is 5.11 Å². The van der Waals surface area contributed by atoms with E-state index < -0.39 is 0 Å². The van der Waals surface area contributed by atoms with Gasteiger partial charge in [-0.05, 0) is 31.4 Å². The lowest BCUT2D eigenvalue weighted by molar-refractivity contribution is 0.283. The van der Waals surface area contributed by atoms with Crippen LogP contribution in [0.15, 0.2) is 48.8 Å². The summed E-state index contributed by atoms with van der Waals surface area (Å²) < 4.78 is 1.93. The molecule has 0 atom stereocenters. The number of hydrogen-bond donors (Lipinski definition) is 2. The zero-order valence-electron chi connectivity index (χ0n) is 13.7. The monoisotopic (exact) mass is 330 g/mol. The highest BCUT2D eigenvalue weighted by Crippen LogP contribution is 2.42. The van der Waals surface area contributed by atoms with E-state index in [0.717, 1.165) is 40.5 Å². The van der Waals surface area contributed by atoms with E-state index in [-0.39, 0.29) is 5.88 Å². The van der Waals surface area contributed by atoms with Crippen molar-refractivity contribution >= 4 is 27.5 Å². The normalized spacial score (nSPS) is 14.9. The Morgan fingerprint density at radius 1 is 1.12 bits per heavy atom. The van der Waals surface area contributed by atoms with Crippen LogP contribution in [0, 0.1) is 0 Å². The van der Waals surface area contributed by atoms with Crippen LogP contribution in [0.2, 0.25) is 0 Å². The van der Waals surface area contributed by atoms with Crippen molar-refractivity contribution in [3.05, 3.63) is 48.8 Å². The lowest BCUT2D eigenvalue weighted by Gasteiger charge is -2.27. The number of pyridine rings is 2. The van der Waals surface area contributed by atoms with Crippen LogP contribution < -0.4 is 5.73 Å². The number of hydrogen-bond acceptors (Lipinski definition) is 4. The first-order valence-corrected chi connectivity index (χ1v) is 8.57. The van der Waals surface area contributed by atoms with Crippen LogP contribution in [0.3, 0.4) is 0 Å². The van der Waals surface area contributed by atoms with E-state index in [0.29, 0.717) is 17.1 Å². The van der Waals surface area contributed by atoms with Gasteiger partial charge in [-0.1, -0.05) is 24.3 Å². The number of fused-ring (bicyclic) bond motifs is 2. The number of nitrogens with zero attached hydrogens (tertiary/aromatic N) is 3. The fraction of sp³-hybridized carbons (Fsp3) is 0.200. The smallest absolute Gasteiger partial charge is 0.203 e. The Morgan fingerprint density at radius 2 is 2.00 bits per heavy atom. The van der Waals surface area contributed by atoms with Crippen LogP contribution in [0.4, 0.5) is 5.69 Å². The number of nitrogen functional groups attached to an aromatic ring is 1. The summed E-state index contributed by atoms with van der Waals surface area (Å²) in [4.78, 5) is 9.28. The predicted octanol–water partition coefficient (Wildman–Crippen LogP) is 4.26. The van der Waals surface area contributed by atoms with Gasteiger partial charge in [0.25, 0.3) is 0 Å². The van der Waals surface area contributed by atoms with Crippen LogP contribution in [-0.4, -0.2) is 19.6 Å². The summed E-state index contributed by atoms with van der Waals surface area (Å²) in [6.45, 7) is 0. The number of nitrogens with two attached hydrogens (primary N) is 1. The molecule has 124 valence electrons. The number of anilines is 1. The first kappa shape index (κ1) is 14.3. The first-order valence-electron chi connectivity index (χ1n) is 8.57. The molecule has 0 aliphatic heterocycles. The van der Waals surface area contributed by atoms with Gasteiger partial charge in [0.2, 0.25) is 5.88 Å². The van der Waals surface area contributed by atoms with Crippen LogP contribution in [-0.2, 0) is 0 Å². The second-order valence-corrected chi connectivity index (χ2v) is 6.65. The molecule has 1 aromatic carbocycles. The van der Waals surface area contributed by atoms with Crippen LogP contribution >= 0.6 is 0 Å². The van der Waals surface area contributed by atoms with Gasteiger partial charge in [-0.3, -0.25) is 4.98 Å². The second-order valence-electron chi connectivity index (χ2n) is 6.65. The molecule has 5 heteroatoms. The topological polar surface area (TPSA) is 77.0 Å². The van der Waals surface area contributed by atoms with Crippen LogP contribution in [0.25, 0.3) is 33.1 Å². The van der Waals surface area contributed by atoms with E-state index in [4.69, 9.17) is 10.7 Å². The molecule has 0 radical (unpaired) electrons.